The van der Waals surface area contributed by atoms with E-state index in [1.807, 2.05) is 23.5 Å². The molecule has 2 rings (SSSR count). The molecule has 0 spiro atoms. The Bertz CT molecular complexity index is 348. The van der Waals surface area contributed by atoms with Crippen molar-refractivity contribution in [3.8, 4) is 0 Å². The van der Waals surface area contributed by atoms with Gasteiger partial charge < -0.3 is 5.32 Å². The number of thioether (sulfide) groups is 1. The highest BCUT2D eigenvalue weighted by molar-refractivity contribution is 7.99. The molecule has 1 N–H and O–H groups in total. The van der Waals surface area contributed by atoms with Crippen LogP contribution in [0.4, 0.5) is 0 Å². The molecule has 0 amide bonds. The zero-order chi connectivity index (χ0) is 11.5. The third-order valence-electron chi connectivity index (χ3n) is 3.43. The maximum atomic E-state index is 4.37. The summed E-state index contributed by atoms with van der Waals surface area (Å²) in [6.45, 7) is 3.04. The average molecular weight is 239 g/mol. The summed E-state index contributed by atoms with van der Waals surface area (Å²) >= 11 is 2.00. The van der Waals surface area contributed by atoms with Gasteiger partial charge in [0, 0.05) is 36.6 Å². The molecule has 2 unspecified atom stereocenters. The quantitative estimate of drug-likeness (QED) is 0.872. The van der Waals surface area contributed by atoms with Crippen LogP contribution < -0.4 is 5.32 Å². The Morgan fingerprint density at radius 1 is 1.56 bits per heavy atom. The molecule has 2 atom stereocenters. The van der Waals surface area contributed by atoms with Crippen molar-refractivity contribution in [1.82, 2.24) is 15.1 Å². The average Bonchev–Trinajstić information content (AvgIpc) is 2.81. The van der Waals surface area contributed by atoms with Crippen molar-refractivity contribution in [2.45, 2.75) is 44.0 Å². The van der Waals surface area contributed by atoms with Crippen molar-refractivity contribution in [1.29, 1.82) is 0 Å². The summed E-state index contributed by atoms with van der Waals surface area (Å²) in [4.78, 5) is 0. The van der Waals surface area contributed by atoms with E-state index in [1.165, 1.54) is 24.8 Å². The maximum absolute atomic E-state index is 4.37. The highest BCUT2D eigenvalue weighted by atomic mass is 32.2. The van der Waals surface area contributed by atoms with Crippen LogP contribution >= 0.6 is 11.8 Å². The summed E-state index contributed by atoms with van der Waals surface area (Å²) in [6.07, 6.45) is 8.40. The molecule has 1 aliphatic rings. The van der Waals surface area contributed by atoms with E-state index in [4.69, 9.17) is 0 Å². The van der Waals surface area contributed by atoms with Gasteiger partial charge in [-0.1, -0.05) is 6.42 Å². The molecule has 4 heteroatoms. The topological polar surface area (TPSA) is 29.9 Å². The van der Waals surface area contributed by atoms with Crippen molar-refractivity contribution in [2.75, 3.05) is 6.26 Å². The number of nitrogens with one attached hydrogen (secondary N) is 1. The fourth-order valence-corrected chi connectivity index (χ4v) is 3.47. The van der Waals surface area contributed by atoms with E-state index in [0.29, 0.717) is 6.04 Å². The van der Waals surface area contributed by atoms with Gasteiger partial charge in [-0.2, -0.15) is 16.9 Å². The van der Waals surface area contributed by atoms with Crippen LogP contribution in [0.15, 0.2) is 6.20 Å². The molecular weight excluding hydrogens is 218 g/mol. The predicted octanol–water partition coefficient (Wildman–Crippen LogP) is 2.10. The normalized spacial score (nSPS) is 25.2. The van der Waals surface area contributed by atoms with Gasteiger partial charge in [0.05, 0.1) is 5.69 Å². The van der Waals surface area contributed by atoms with Crippen LogP contribution in [-0.4, -0.2) is 27.3 Å². The molecule has 0 radical (unpaired) electrons. The number of nitrogens with zero attached hydrogens (tertiary/aromatic N) is 2. The fourth-order valence-electron chi connectivity index (χ4n) is 2.50. The zero-order valence-corrected chi connectivity index (χ0v) is 11.2. The first-order valence-corrected chi connectivity index (χ1v) is 7.25. The molecule has 90 valence electrons. The molecule has 0 aromatic carbocycles. The molecule has 1 fully saturated rings. The summed E-state index contributed by atoms with van der Waals surface area (Å²) in [5.41, 5.74) is 2.47. The molecule has 3 nitrogen and oxygen atoms in total. The van der Waals surface area contributed by atoms with Crippen LogP contribution in [0.2, 0.25) is 0 Å². The Hall–Kier alpha value is -0.480. The van der Waals surface area contributed by atoms with E-state index in [-0.39, 0.29) is 0 Å². The van der Waals surface area contributed by atoms with E-state index >= 15 is 0 Å². The zero-order valence-electron chi connectivity index (χ0n) is 10.4. The van der Waals surface area contributed by atoms with Crippen molar-refractivity contribution < 1.29 is 0 Å². The number of aromatic nitrogens is 2. The molecule has 1 aliphatic carbocycles. The second-order valence-electron chi connectivity index (χ2n) is 4.61. The SMILES string of the molecule is CSC1CCCC1NCc1cn(C)nc1C. The Kier molecular flexibility index (Phi) is 3.92. The van der Waals surface area contributed by atoms with Crippen LogP contribution in [0.5, 0.6) is 0 Å². The first-order chi connectivity index (χ1) is 7.70. The van der Waals surface area contributed by atoms with Gasteiger partial charge in [0.1, 0.15) is 0 Å². The lowest BCUT2D eigenvalue weighted by atomic mass is 10.2. The van der Waals surface area contributed by atoms with Crippen molar-refractivity contribution >= 4 is 11.8 Å². The van der Waals surface area contributed by atoms with Gasteiger partial charge in [0.15, 0.2) is 0 Å². The van der Waals surface area contributed by atoms with Crippen LogP contribution in [0, 0.1) is 6.92 Å². The minimum atomic E-state index is 0.689. The standard InChI is InChI=1S/C12H21N3S/c1-9-10(8-15(2)14-9)7-13-11-5-4-6-12(11)16-3/h8,11-13H,4-7H2,1-3H3. The van der Waals surface area contributed by atoms with Gasteiger partial charge in [-0.25, -0.2) is 0 Å². The molecule has 1 saturated carbocycles. The van der Waals surface area contributed by atoms with Crippen molar-refractivity contribution in [2.24, 2.45) is 7.05 Å². The summed E-state index contributed by atoms with van der Waals surface area (Å²) in [6, 6.07) is 0.689. The van der Waals surface area contributed by atoms with E-state index in [9.17, 15) is 0 Å². The van der Waals surface area contributed by atoms with Crippen LogP contribution in [0.25, 0.3) is 0 Å². The molecule has 0 bridgehead atoms. The van der Waals surface area contributed by atoms with E-state index < -0.39 is 0 Å². The molecular formula is C12H21N3S. The largest absolute Gasteiger partial charge is 0.309 e. The molecule has 1 aromatic heterocycles. The van der Waals surface area contributed by atoms with Gasteiger partial charge in [0.2, 0.25) is 0 Å². The van der Waals surface area contributed by atoms with Gasteiger partial charge in [0.25, 0.3) is 0 Å². The summed E-state index contributed by atoms with van der Waals surface area (Å²) in [5, 5.41) is 8.85. The lowest BCUT2D eigenvalue weighted by Gasteiger charge is -2.18. The van der Waals surface area contributed by atoms with E-state index in [1.54, 1.807) is 0 Å². The summed E-state index contributed by atoms with van der Waals surface area (Å²) in [7, 11) is 1.98. The van der Waals surface area contributed by atoms with Gasteiger partial charge >= 0.3 is 0 Å². The predicted molar refractivity (Wildman–Crippen MR) is 69.7 cm³/mol. The minimum absolute atomic E-state index is 0.689. The highest BCUT2D eigenvalue weighted by Crippen LogP contribution is 2.28. The van der Waals surface area contributed by atoms with Crippen LogP contribution in [0.1, 0.15) is 30.5 Å². The fraction of sp³-hybridized carbons (Fsp3) is 0.750. The molecule has 0 aliphatic heterocycles. The second-order valence-corrected chi connectivity index (χ2v) is 5.68. The van der Waals surface area contributed by atoms with Crippen molar-refractivity contribution in [3.63, 3.8) is 0 Å². The van der Waals surface area contributed by atoms with Crippen LogP contribution in [-0.2, 0) is 13.6 Å². The molecule has 1 aromatic rings. The maximum Gasteiger partial charge on any atom is 0.0638 e. The smallest absolute Gasteiger partial charge is 0.0638 e. The Labute approximate surface area is 102 Å². The molecule has 0 saturated heterocycles. The monoisotopic (exact) mass is 239 g/mol. The lowest BCUT2D eigenvalue weighted by Crippen LogP contribution is -2.33. The van der Waals surface area contributed by atoms with Crippen LogP contribution in [0.3, 0.4) is 0 Å². The number of hydrogen-bond donors (Lipinski definition) is 1. The Morgan fingerprint density at radius 3 is 3.00 bits per heavy atom. The van der Waals surface area contributed by atoms with Gasteiger partial charge in [-0.15, -0.1) is 0 Å². The third kappa shape index (κ3) is 2.61. The van der Waals surface area contributed by atoms with Gasteiger partial charge in [-0.3, -0.25) is 4.68 Å². The number of rotatable bonds is 4. The minimum Gasteiger partial charge on any atom is -0.309 e. The third-order valence-corrected chi connectivity index (χ3v) is 4.59. The highest BCUT2D eigenvalue weighted by Gasteiger charge is 2.25. The first kappa shape index (κ1) is 12.0. The van der Waals surface area contributed by atoms with E-state index in [2.05, 4.69) is 29.8 Å². The summed E-state index contributed by atoms with van der Waals surface area (Å²) in [5.74, 6) is 0. The Morgan fingerprint density at radius 2 is 2.38 bits per heavy atom. The molecule has 1 heterocycles. The second kappa shape index (κ2) is 5.23. The Balaban J connectivity index is 1.89. The summed E-state index contributed by atoms with van der Waals surface area (Å²) < 4.78 is 1.90. The number of aryl methyl sites for hydroxylation is 2. The molecule has 16 heavy (non-hydrogen) atoms. The van der Waals surface area contributed by atoms with E-state index in [0.717, 1.165) is 17.5 Å². The first-order valence-electron chi connectivity index (χ1n) is 5.96. The lowest BCUT2D eigenvalue weighted by molar-refractivity contribution is 0.531. The number of hydrogen-bond acceptors (Lipinski definition) is 3. The van der Waals surface area contributed by atoms with Crippen molar-refractivity contribution in [3.05, 3.63) is 17.5 Å². The van der Waals surface area contributed by atoms with Gasteiger partial charge in [-0.05, 0) is 26.0 Å².